The van der Waals surface area contributed by atoms with Crippen LogP contribution in [0.15, 0.2) is 30.3 Å². The number of halogens is 1. The van der Waals surface area contributed by atoms with Gasteiger partial charge < -0.3 is 10.4 Å². The Morgan fingerprint density at radius 3 is 2.84 bits per heavy atom. The quantitative estimate of drug-likeness (QED) is 0.900. The molecule has 4 nitrogen and oxygen atoms in total. The highest BCUT2D eigenvalue weighted by atomic mass is 32.1. The maximum atomic E-state index is 13.5. The summed E-state index contributed by atoms with van der Waals surface area (Å²) in [5.74, 6) is -1.62. The molecule has 0 fully saturated rings. The minimum atomic E-state index is -1.11. The number of thiophene rings is 1. The van der Waals surface area contributed by atoms with E-state index in [1.807, 2.05) is 6.07 Å². The number of carboxylic acid groups (broad SMARTS) is 1. The lowest BCUT2D eigenvalue weighted by Crippen LogP contribution is -2.03. The van der Waals surface area contributed by atoms with Gasteiger partial charge >= 0.3 is 5.97 Å². The van der Waals surface area contributed by atoms with E-state index in [2.05, 4.69) is 5.32 Å². The van der Waals surface area contributed by atoms with Crippen molar-refractivity contribution in [3.05, 3.63) is 51.5 Å². The summed E-state index contributed by atoms with van der Waals surface area (Å²) in [5.41, 5.74) is 0.152. The van der Waals surface area contributed by atoms with Crippen molar-refractivity contribution in [3.8, 4) is 6.07 Å². The van der Waals surface area contributed by atoms with Crippen molar-refractivity contribution in [1.82, 2.24) is 0 Å². The van der Waals surface area contributed by atoms with Crippen LogP contribution in [-0.4, -0.2) is 11.1 Å². The molecule has 0 spiro atoms. The van der Waals surface area contributed by atoms with Gasteiger partial charge in [-0.2, -0.15) is 5.26 Å². The summed E-state index contributed by atoms with van der Waals surface area (Å²) in [6.45, 7) is 0.340. The summed E-state index contributed by atoms with van der Waals surface area (Å²) >= 11 is 1.31. The summed E-state index contributed by atoms with van der Waals surface area (Å²) in [6, 6.07) is 9.05. The van der Waals surface area contributed by atoms with Crippen LogP contribution in [-0.2, 0) is 6.54 Å². The van der Waals surface area contributed by atoms with Gasteiger partial charge in [0, 0.05) is 11.4 Å². The lowest BCUT2D eigenvalue weighted by atomic mass is 10.2. The maximum absolute atomic E-state index is 13.5. The van der Waals surface area contributed by atoms with E-state index in [0.717, 1.165) is 10.9 Å². The molecule has 0 bridgehead atoms. The van der Waals surface area contributed by atoms with Crippen LogP contribution in [0.2, 0.25) is 0 Å². The molecule has 1 aromatic carbocycles. The average Bonchev–Trinajstić information content (AvgIpc) is 2.85. The third kappa shape index (κ3) is 3.09. The average molecular weight is 276 g/mol. The van der Waals surface area contributed by atoms with Gasteiger partial charge in [0.15, 0.2) is 0 Å². The Hall–Kier alpha value is -2.39. The van der Waals surface area contributed by atoms with E-state index in [1.165, 1.54) is 23.5 Å². The van der Waals surface area contributed by atoms with Gasteiger partial charge in [0.05, 0.1) is 11.3 Å². The van der Waals surface area contributed by atoms with Crippen molar-refractivity contribution in [2.75, 3.05) is 5.32 Å². The van der Waals surface area contributed by atoms with E-state index >= 15 is 0 Å². The fourth-order valence-corrected chi connectivity index (χ4v) is 2.25. The Balaban J connectivity index is 2.12. The van der Waals surface area contributed by atoms with Crippen LogP contribution in [0.3, 0.4) is 0 Å². The second kappa shape index (κ2) is 5.50. The Morgan fingerprint density at radius 2 is 2.21 bits per heavy atom. The van der Waals surface area contributed by atoms with Crippen LogP contribution >= 0.6 is 11.3 Å². The third-order valence-electron chi connectivity index (χ3n) is 2.44. The van der Waals surface area contributed by atoms with Crippen molar-refractivity contribution in [2.45, 2.75) is 6.54 Å². The fourth-order valence-electron chi connectivity index (χ4n) is 1.51. The summed E-state index contributed by atoms with van der Waals surface area (Å²) in [7, 11) is 0. The number of anilines is 1. The van der Waals surface area contributed by atoms with E-state index in [4.69, 9.17) is 10.4 Å². The largest absolute Gasteiger partial charge is 0.478 e. The van der Waals surface area contributed by atoms with Gasteiger partial charge in [-0.3, -0.25) is 0 Å². The first-order chi connectivity index (χ1) is 9.10. The molecule has 96 valence electrons. The molecule has 6 heteroatoms. The summed E-state index contributed by atoms with van der Waals surface area (Å²) < 4.78 is 13.5. The Kier molecular flexibility index (Phi) is 3.78. The summed E-state index contributed by atoms with van der Waals surface area (Å²) in [5, 5.41) is 20.4. The van der Waals surface area contributed by atoms with E-state index in [1.54, 1.807) is 12.1 Å². The van der Waals surface area contributed by atoms with Crippen molar-refractivity contribution in [2.24, 2.45) is 0 Å². The highest BCUT2D eigenvalue weighted by Crippen LogP contribution is 2.20. The van der Waals surface area contributed by atoms with E-state index in [9.17, 15) is 9.18 Å². The third-order valence-corrected chi connectivity index (χ3v) is 3.43. The molecule has 2 rings (SSSR count). The van der Waals surface area contributed by atoms with Gasteiger partial charge in [0.1, 0.15) is 16.8 Å². The molecule has 0 saturated carbocycles. The highest BCUT2D eigenvalue weighted by Gasteiger charge is 2.08. The number of carboxylic acids is 1. The predicted octanol–water partition coefficient (Wildman–Crippen LogP) is 3.07. The molecule has 1 heterocycles. The SMILES string of the molecule is N#Cc1ccc(CNc2cc(C(=O)O)ccc2F)s1. The van der Waals surface area contributed by atoms with E-state index in [0.29, 0.717) is 11.4 Å². The van der Waals surface area contributed by atoms with Gasteiger partial charge in [-0.15, -0.1) is 11.3 Å². The lowest BCUT2D eigenvalue weighted by Gasteiger charge is -2.07. The molecular weight excluding hydrogens is 267 g/mol. The number of nitrogens with one attached hydrogen (secondary N) is 1. The van der Waals surface area contributed by atoms with Crippen LogP contribution < -0.4 is 5.32 Å². The molecule has 0 radical (unpaired) electrons. The molecule has 0 aliphatic rings. The minimum absolute atomic E-state index is 0.0211. The number of hydrogen-bond acceptors (Lipinski definition) is 4. The van der Waals surface area contributed by atoms with Crippen molar-refractivity contribution in [1.29, 1.82) is 5.26 Å². The normalized spacial score (nSPS) is 9.89. The van der Waals surface area contributed by atoms with Crippen LogP contribution in [0.1, 0.15) is 20.1 Å². The van der Waals surface area contributed by atoms with Crippen LogP contribution in [0.4, 0.5) is 10.1 Å². The molecule has 0 aliphatic heterocycles. The zero-order valence-corrected chi connectivity index (χ0v) is 10.5. The van der Waals surface area contributed by atoms with Gasteiger partial charge in [0.2, 0.25) is 0 Å². The van der Waals surface area contributed by atoms with E-state index < -0.39 is 11.8 Å². The molecule has 1 aromatic heterocycles. The molecule has 0 amide bonds. The molecule has 2 aromatic rings. The predicted molar refractivity (Wildman–Crippen MR) is 69.7 cm³/mol. The van der Waals surface area contributed by atoms with Crippen LogP contribution in [0.5, 0.6) is 0 Å². The number of carbonyl (C=O) groups is 1. The number of aromatic carboxylic acids is 1. The lowest BCUT2D eigenvalue weighted by molar-refractivity contribution is 0.0697. The number of nitrogens with zero attached hydrogens (tertiary/aromatic N) is 1. The van der Waals surface area contributed by atoms with Gasteiger partial charge in [-0.1, -0.05) is 0 Å². The summed E-state index contributed by atoms with van der Waals surface area (Å²) in [6.07, 6.45) is 0. The number of benzene rings is 1. The van der Waals surface area contributed by atoms with Gasteiger partial charge in [0.25, 0.3) is 0 Å². The topological polar surface area (TPSA) is 73.1 Å². The fraction of sp³-hybridized carbons (Fsp3) is 0.0769. The first kappa shape index (κ1) is 13.1. The summed E-state index contributed by atoms with van der Waals surface area (Å²) in [4.78, 5) is 12.2. The molecule has 19 heavy (non-hydrogen) atoms. The van der Waals surface area contributed by atoms with Crippen molar-refractivity contribution in [3.63, 3.8) is 0 Å². The maximum Gasteiger partial charge on any atom is 0.335 e. The molecular formula is C13H9FN2O2S. The molecule has 0 saturated heterocycles. The molecule has 0 atom stereocenters. The second-order valence-electron chi connectivity index (χ2n) is 3.73. The minimum Gasteiger partial charge on any atom is -0.478 e. The monoisotopic (exact) mass is 276 g/mol. The van der Waals surface area contributed by atoms with Gasteiger partial charge in [-0.05, 0) is 30.3 Å². The second-order valence-corrected chi connectivity index (χ2v) is 4.90. The number of hydrogen-bond donors (Lipinski definition) is 2. The van der Waals surface area contributed by atoms with E-state index in [-0.39, 0.29) is 11.3 Å². The molecule has 0 unspecified atom stereocenters. The zero-order valence-electron chi connectivity index (χ0n) is 9.68. The molecule has 2 N–H and O–H groups in total. The first-order valence-corrected chi connectivity index (χ1v) is 6.17. The Bertz CT molecular complexity index is 661. The van der Waals surface area contributed by atoms with Crippen molar-refractivity contribution >= 4 is 23.0 Å². The molecule has 0 aliphatic carbocycles. The Morgan fingerprint density at radius 1 is 1.42 bits per heavy atom. The number of rotatable bonds is 4. The van der Waals surface area contributed by atoms with Crippen LogP contribution in [0.25, 0.3) is 0 Å². The zero-order chi connectivity index (χ0) is 13.8. The standard InChI is InChI=1S/C13H9FN2O2S/c14-11-4-1-8(13(17)18)5-12(11)16-7-10-3-2-9(6-15)19-10/h1-5,16H,7H2,(H,17,18). The number of nitriles is 1. The first-order valence-electron chi connectivity index (χ1n) is 5.35. The highest BCUT2D eigenvalue weighted by molar-refractivity contribution is 7.12. The van der Waals surface area contributed by atoms with Crippen molar-refractivity contribution < 1.29 is 14.3 Å². The smallest absolute Gasteiger partial charge is 0.335 e. The van der Waals surface area contributed by atoms with Crippen LogP contribution in [0, 0.1) is 17.1 Å². The van der Waals surface area contributed by atoms with Gasteiger partial charge in [-0.25, -0.2) is 9.18 Å². The Labute approximate surface area is 112 Å².